The number of nitrogens with zero attached hydrogens (tertiary/aromatic N) is 2. The van der Waals surface area contributed by atoms with Gasteiger partial charge < -0.3 is 24.9 Å². The van der Waals surface area contributed by atoms with E-state index in [1.54, 1.807) is 18.2 Å². The van der Waals surface area contributed by atoms with Gasteiger partial charge in [-0.1, -0.05) is 47.5 Å². The van der Waals surface area contributed by atoms with Crippen molar-refractivity contribution < 1.29 is 14.6 Å². The van der Waals surface area contributed by atoms with Gasteiger partial charge in [0.2, 0.25) is 0 Å². The molecule has 0 bridgehead atoms. The SMILES string of the molecule is CSC1=NC(c2ccc(Cl)c(Cl)c2)C(C(=O)[O-])=C(COCCN2CCCCC2)N1.Cl.Cl. The molecule has 1 atom stereocenters. The van der Waals surface area contributed by atoms with E-state index in [1.807, 2.05) is 6.26 Å². The average Bonchev–Trinajstić information content (AvgIpc) is 2.73. The second-order valence-corrected chi connectivity index (χ2v) is 8.58. The molecule has 1 aromatic rings. The molecule has 1 fully saturated rings. The Kier molecular flexibility index (Phi) is 12.6. The molecule has 0 spiro atoms. The van der Waals surface area contributed by atoms with Gasteiger partial charge in [-0.25, -0.2) is 4.99 Å². The maximum absolute atomic E-state index is 12.0. The lowest BCUT2D eigenvalue weighted by Gasteiger charge is -2.29. The van der Waals surface area contributed by atoms with Gasteiger partial charge in [0.05, 0.1) is 34.9 Å². The van der Waals surface area contributed by atoms with Crippen LogP contribution in [0.2, 0.25) is 10.0 Å². The Morgan fingerprint density at radius 3 is 2.58 bits per heavy atom. The second-order valence-electron chi connectivity index (χ2n) is 6.97. The summed E-state index contributed by atoms with van der Waals surface area (Å²) in [5, 5.41) is 16.4. The molecular formula is C20H26Cl4N3O3S-. The number of hydrogen-bond acceptors (Lipinski definition) is 7. The number of benzene rings is 1. The fraction of sp³-hybridized carbons (Fsp3) is 0.500. The van der Waals surface area contributed by atoms with Crippen molar-refractivity contribution in [3.63, 3.8) is 0 Å². The number of carbonyl (C=O) groups excluding carboxylic acids is 1. The standard InChI is InChI=1S/C20H25Cl2N3O3S.2ClH/c1-29-20-23-16(12-28-10-9-25-7-3-2-4-8-25)17(19(26)27)18(24-20)13-5-6-14(21)15(22)11-13;;/h5-6,11,18H,2-4,7-10,12H2,1H3,(H,23,24)(H,26,27);2*1H/p-1. The fourth-order valence-electron chi connectivity index (χ4n) is 3.50. The summed E-state index contributed by atoms with van der Waals surface area (Å²) in [7, 11) is 0. The summed E-state index contributed by atoms with van der Waals surface area (Å²) in [5.74, 6) is -1.29. The van der Waals surface area contributed by atoms with E-state index in [4.69, 9.17) is 27.9 Å². The van der Waals surface area contributed by atoms with Crippen molar-refractivity contribution >= 4 is 70.9 Å². The first kappa shape index (κ1) is 28.4. The molecule has 3 rings (SSSR count). The van der Waals surface area contributed by atoms with Crippen molar-refractivity contribution in [2.75, 3.05) is 39.1 Å². The molecule has 1 N–H and O–H groups in total. The van der Waals surface area contributed by atoms with Gasteiger partial charge in [-0.05, 0) is 49.9 Å². The number of thioether (sulfide) groups is 1. The quantitative estimate of drug-likeness (QED) is 0.542. The zero-order chi connectivity index (χ0) is 20.8. The molecular weight excluding hydrogens is 504 g/mol. The monoisotopic (exact) mass is 528 g/mol. The van der Waals surface area contributed by atoms with Crippen molar-refractivity contribution in [2.45, 2.75) is 25.3 Å². The predicted molar refractivity (Wildman–Crippen MR) is 131 cm³/mol. The van der Waals surface area contributed by atoms with Crippen LogP contribution in [0.25, 0.3) is 0 Å². The third-order valence-electron chi connectivity index (χ3n) is 5.02. The molecule has 11 heteroatoms. The van der Waals surface area contributed by atoms with Gasteiger partial charge in [0.1, 0.15) is 6.04 Å². The Morgan fingerprint density at radius 1 is 1.26 bits per heavy atom. The van der Waals surface area contributed by atoms with Crippen LogP contribution in [0.4, 0.5) is 0 Å². The Balaban J connectivity index is 0.00000240. The van der Waals surface area contributed by atoms with Crippen LogP contribution in [0.1, 0.15) is 30.9 Å². The van der Waals surface area contributed by atoms with E-state index in [-0.39, 0.29) is 37.0 Å². The number of carboxylic acid groups (broad SMARTS) is 1. The molecule has 174 valence electrons. The van der Waals surface area contributed by atoms with E-state index >= 15 is 0 Å². The van der Waals surface area contributed by atoms with Crippen LogP contribution in [0.5, 0.6) is 0 Å². The van der Waals surface area contributed by atoms with Crippen LogP contribution >= 0.6 is 59.8 Å². The minimum Gasteiger partial charge on any atom is -0.545 e. The lowest BCUT2D eigenvalue weighted by Crippen LogP contribution is -2.38. The fourth-order valence-corrected chi connectivity index (χ4v) is 4.25. The molecule has 0 saturated carbocycles. The molecule has 2 aliphatic heterocycles. The van der Waals surface area contributed by atoms with Gasteiger partial charge in [-0.3, -0.25) is 0 Å². The first-order valence-electron chi connectivity index (χ1n) is 9.58. The van der Waals surface area contributed by atoms with E-state index < -0.39 is 12.0 Å². The summed E-state index contributed by atoms with van der Waals surface area (Å²) in [6, 6.07) is 4.26. The Bertz CT molecular complexity index is 817. The van der Waals surface area contributed by atoms with Gasteiger partial charge >= 0.3 is 0 Å². The van der Waals surface area contributed by atoms with Crippen molar-refractivity contribution in [3.05, 3.63) is 45.1 Å². The van der Waals surface area contributed by atoms with Crippen molar-refractivity contribution in [1.29, 1.82) is 0 Å². The average molecular weight is 530 g/mol. The molecule has 2 aliphatic rings. The van der Waals surface area contributed by atoms with E-state index in [0.717, 1.165) is 19.6 Å². The maximum atomic E-state index is 12.0. The van der Waals surface area contributed by atoms with Crippen molar-refractivity contribution in [2.24, 2.45) is 4.99 Å². The third-order valence-corrected chi connectivity index (χ3v) is 6.36. The van der Waals surface area contributed by atoms with Crippen LogP contribution in [-0.2, 0) is 9.53 Å². The lowest BCUT2D eigenvalue weighted by molar-refractivity contribution is -0.299. The van der Waals surface area contributed by atoms with Crippen LogP contribution in [0.15, 0.2) is 34.5 Å². The molecule has 0 radical (unpaired) electrons. The molecule has 1 unspecified atom stereocenters. The van der Waals surface area contributed by atoms with Crippen LogP contribution < -0.4 is 10.4 Å². The molecule has 1 aromatic carbocycles. The zero-order valence-electron chi connectivity index (χ0n) is 17.1. The Morgan fingerprint density at radius 2 is 1.97 bits per heavy atom. The van der Waals surface area contributed by atoms with E-state index in [0.29, 0.717) is 33.1 Å². The smallest absolute Gasteiger partial charge is 0.161 e. The first-order chi connectivity index (χ1) is 14.0. The number of nitrogens with one attached hydrogen (secondary N) is 1. The van der Waals surface area contributed by atoms with Crippen LogP contribution in [-0.4, -0.2) is 55.1 Å². The third kappa shape index (κ3) is 7.70. The lowest BCUT2D eigenvalue weighted by atomic mass is 9.96. The summed E-state index contributed by atoms with van der Waals surface area (Å²) < 4.78 is 5.81. The van der Waals surface area contributed by atoms with Gasteiger partial charge in [0, 0.05) is 12.1 Å². The molecule has 1 saturated heterocycles. The number of aliphatic carboxylic acids is 1. The number of rotatable bonds is 7. The number of likely N-dealkylation sites (tertiary alicyclic amines) is 1. The molecule has 6 nitrogen and oxygen atoms in total. The van der Waals surface area contributed by atoms with Gasteiger partial charge in [-0.2, -0.15) is 0 Å². The largest absolute Gasteiger partial charge is 0.545 e. The minimum atomic E-state index is -1.29. The van der Waals surface area contributed by atoms with E-state index in [1.165, 1.54) is 31.0 Å². The molecule has 2 heterocycles. The molecule has 0 aromatic heterocycles. The normalized spacial score (nSPS) is 19.1. The number of aliphatic imine (C=N–C) groups is 1. The summed E-state index contributed by atoms with van der Waals surface area (Å²) in [5.41, 5.74) is 1.15. The highest BCUT2D eigenvalue weighted by Gasteiger charge is 2.27. The number of amidine groups is 1. The van der Waals surface area contributed by atoms with Gasteiger partial charge in [0.25, 0.3) is 0 Å². The summed E-state index contributed by atoms with van der Waals surface area (Å²) in [6.07, 6.45) is 5.60. The van der Waals surface area contributed by atoms with Crippen LogP contribution in [0.3, 0.4) is 0 Å². The van der Waals surface area contributed by atoms with E-state index in [9.17, 15) is 9.90 Å². The highest BCUT2D eigenvalue weighted by atomic mass is 35.5. The summed E-state index contributed by atoms with van der Waals surface area (Å²) in [4.78, 5) is 18.9. The Labute approximate surface area is 209 Å². The highest BCUT2D eigenvalue weighted by Crippen LogP contribution is 2.34. The second kappa shape index (κ2) is 13.8. The predicted octanol–water partition coefficient (Wildman–Crippen LogP) is 3.71. The summed E-state index contributed by atoms with van der Waals surface area (Å²) >= 11 is 13.5. The Hall–Kier alpha value is -0.670. The maximum Gasteiger partial charge on any atom is 0.161 e. The first-order valence-corrected chi connectivity index (χ1v) is 11.6. The van der Waals surface area contributed by atoms with Gasteiger partial charge in [-0.15, -0.1) is 24.8 Å². The van der Waals surface area contributed by atoms with Crippen LogP contribution in [0, 0.1) is 0 Å². The topological polar surface area (TPSA) is 77.0 Å². The molecule has 0 aliphatic carbocycles. The summed E-state index contributed by atoms with van der Waals surface area (Å²) in [6.45, 7) is 3.71. The number of carboxylic acids is 1. The number of ether oxygens (including phenoxy) is 1. The highest BCUT2D eigenvalue weighted by molar-refractivity contribution is 8.13. The van der Waals surface area contributed by atoms with Crippen molar-refractivity contribution in [1.82, 2.24) is 10.2 Å². The van der Waals surface area contributed by atoms with Gasteiger partial charge in [0.15, 0.2) is 5.17 Å². The van der Waals surface area contributed by atoms with Crippen molar-refractivity contribution in [3.8, 4) is 0 Å². The molecule has 0 amide bonds. The van der Waals surface area contributed by atoms with E-state index in [2.05, 4.69) is 15.2 Å². The number of carbonyl (C=O) groups is 1. The minimum absolute atomic E-state index is 0. The number of halogens is 4. The molecule has 31 heavy (non-hydrogen) atoms. The number of hydrogen-bond donors (Lipinski definition) is 1. The zero-order valence-corrected chi connectivity index (χ0v) is 21.0. The number of piperidine rings is 1.